The molecule has 13 rings (SSSR count). The van der Waals surface area contributed by atoms with Crippen LogP contribution in [0.2, 0.25) is 0 Å². The molecule has 1 aliphatic heterocycles. The first-order valence-electron chi connectivity index (χ1n) is 20.0. The minimum Gasteiger partial charge on any atom is -0.309 e. The fraction of sp³-hybridized carbons (Fsp3) is 0.0370. The summed E-state index contributed by atoms with van der Waals surface area (Å²) in [5.41, 5.74) is 13.7. The van der Waals surface area contributed by atoms with E-state index in [2.05, 4.69) is 203 Å². The molecule has 58 heavy (non-hydrogen) atoms. The van der Waals surface area contributed by atoms with Crippen LogP contribution in [-0.4, -0.2) is 14.4 Å². The second-order valence-corrected chi connectivity index (χ2v) is 17.9. The third-order valence-corrected chi connectivity index (χ3v) is 15.0. The summed E-state index contributed by atoms with van der Waals surface area (Å²) in [7, 11) is 0. The first-order chi connectivity index (χ1) is 28.7. The zero-order valence-corrected chi connectivity index (χ0v) is 33.0. The Balaban J connectivity index is 1.03. The summed E-state index contributed by atoms with van der Waals surface area (Å²) in [4.78, 5) is 1.41. The lowest BCUT2D eigenvalue weighted by Gasteiger charge is -2.20. The lowest BCUT2D eigenvalue weighted by Crippen LogP contribution is -2.09. The molecule has 2 atom stereocenters. The second-order valence-electron chi connectivity index (χ2n) is 15.6. The van der Waals surface area contributed by atoms with Crippen LogP contribution in [0.3, 0.4) is 0 Å². The van der Waals surface area contributed by atoms with Crippen molar-refractivity contribution in [1.82, 2.24) is 9.13 Å². The number of benzene rings is 8. The largest absolute Gasteiger partial charge is 0.309 e. The normalized spacial score (nSPS) is 16.2. The van der Waals surface area contributed by atoms with Gasteiger partial charge in [-0.1, -0.05) is 127 Å². The quantitative estimate of drug-likeness (QED) is 0.173. The van der Waals surface area contributed by atoms with Crippen LogP contribution in [0.25, 0.3) is 91.9 Å². The first kappa shape index (κ1) is 32.5. The van der Waals surface area contributed by atoms with Gasteiger partial charge in [0.25, 0.3) is 0 Å². The number of rotatable bonds is 4. The van der Waals surface area contributed by atoms with E-state index in [9.17, 15) is 0 Å². The maximum atomic E-state index is 2.54. The molecule has 2 aliphatic rings. The molecule has 272 valence electrons. The van der Waals surface area contributed by atoms with Crippen molar-refractivity contribution < 1.29 is 0 Å². The van der Waals surface area contributed by atoms with E-state index in [1.54, 1.807) is 0 Å². The van der Waals surface area contributed by atoms with Crippen molar-refractivity contribution >= 4 is 92.5 Å². The number of allylic oxidation sites excluding steroid dienone is 3. The molecule has 4 heterocycles. The molecule has 2 nitrogen and oxygen atoms in total. The molecule has 8 aromatic carbocycles. The summed E-state index contributed by atoms with van der Waals surface area (Å²) in [5, 5.41) is 8.12. The number of hydrogen-bond donors (Lipinski definition) is 0. The fourth-order valence-electron chi connectivity index (χ4n) is 9.82. The zero-order chi connectivity index (χ0) is 37.9. The molecule has 1 aliphatic carbocycles. The maximum absolute atomic E-state index is 2.54. The van der Waals surface area contributed by atoms with Crippen LogP contribution < -0.4 is 0 Å². The highest BCUT2D eigenvalue weighted by Gasteiger charge is 2.32. The molecule has 0 N–H and O–H groups in total. The van der Waals surface area contributed by atoms with Gasteiger partial charge < -0.3 is 9.13 Å². The monoisotopic (exact) mass is 774 g/mol. The number of hydrogen-bond acceptors (Lipinski definition) is 2. The molecule has 0 spiro atoms. The van der Waals surface area contributed by atoms with Crippen molar-refractivity contribution in [1.29, 1.82) is 0 Å². The third-order valence-electron chi connectivity index (χ3n) is 12.4. The molecule has 11 aromatic rings. The number of fused-ring (bicyclic) bond motifs is 12. The van der Waals surface area contributed by atoms with Gasteiger partial charge in [0.15, 0.2) is 0 Å². The maximum Gasteiger partial charge on any atom is 0.0547 e. The van der Waals surface area contributed by atoms with Gasteiger partial charge in [-0.2, -0.15) is 0 Å². The lowest BCUT2D eigenvalue weighted by molar-refractivity contribution is 0.884. The topological polar surface area (TPSA) is 9.86 Å². The van der Waals surface area contributed by atoms with Crippen LogP contribution in [0.1, 0.15) is 17.0 Å². The highest BCUT2D eigenvalue weighted by atomic mass is 32.2. The van der Waals surface area contributed by atoms with E-state index >= 15 is 0 Å². The van der Waals surface area contributed by atoms with E-state index in [0.29, 0.717) is 11.2 Å². The Morgan fingerprint density at radius 3 is 1.97 bits per heavy atom. The summed E-state index contributed by atoms with van der Waals surface area (Å²) in [6.45, 7) is 0. The molecule has 2 unspecified atom stereocenters. The van der Waals surface area contributed by atoms with Gasteiger partial charge in [-0.05, 0) is 89.0 Å². The Morgan fingerprint density at radius 1 is 0.448 bits per heavy atom. The fourth-order valence-corrected chi connectivity index (χ4v) is 12.4. The van der Waals surface area contributed by atoms with E-state index in [0.717, 1.165) is 0 Å². The van der Waals surface area contributed by atoms with Gasteiger partial charge in [-0.25, -0.2) is 0 Å². The number of aromatic nitrogens is 2. The predicted molar refractivity (Wildman–Crippen MR) is 249 cm³/mol. The van der Waals surface area contributed by atoms with Crippen molar-refractivity contribution in [2.45, 2.75) is 16.1 Å². The van der Waals surface area contributed by atoms with Crippen molar-refractivity contribution in [2.75, 3.05) is 0 Å². The number of thioether (sulfide) groups is 1. The van der Waals surface area contributed by atoms with Crippen LogP contribution >= 0.6 is 23.1 Å². The Morgan fingerprint density at radius 2 is 1.10 bits per heavy atom. The second kappa shape index (κ2) is 12.5. The molecule has 0 saturated heterocycles. The smallest absolute Gasteiger partial charge is 0.0547 e. The highest BCUT2D eigenvalue weighted by molar-refractivity contribution is 8.00. The van der Waals surface area contributed by atoms with E-state index < -0.39 is 0 Å². The van der Waals surface area contributed by atoms with Crippen LogP contribution in [-0.2, 0) is 0 Å². The van der Waals surface area contributed by atoms with Gasteiger partial charge in [0, 0.05) is 74.7 Å². The summed E-state index contributed by atoms with van der Waals surface area (Å²) in [5.74, 6) is 0.365. The molecule has 0 bridgehead atoms. The van der Waals surface area contributed by atoms with Crippen molar-refractivity contribution in [2.24, 2.45) is 0 Å². The summed E-state index contributed by atoms with van der Waals surface area (Å²) >= 11 is 3.91. The Labute approximate surface area is 343 Å². The predicted octanol–water partition coefficient (Wildman–Crippen LogP) is 15.1. The number of thiophene rings is 1. The molecule has 0 fully saturated rings. The van der Waals surface area contributed by atoms with Gasteiger partial charge in [0.2, 0.25) is 0 Å². The molecule has 0 saturated carbocycles. The number of nitrogens with zero attached hydrogens (tertiary/aromatic N) is 2. The minimum atomic E-state index is 0.365. The summed E-state index contributed by atoms with van der Waals surface area (Å²) in [6.07, 6.45) is 7.37. The average Bonchev–Trinajstić information content (AvgIpc) is 4.03. The summed E-state index contributed by atoms with van der Waals surface area (Å²) in [6, 6.07) is 65.2. The third kappa shape index (κ3) is 4.73. The van der Waals surface area contributed by atoms with Gasteiger partial charge in [0.1, 0.15) is 0 Å². The lowest BCUT2D eigenvalue weighted by atomic mass is 9.87. The minimum absolute atomic E-state index is 0.365. The SMILES string of the molecule is C1=CC2Sc3ccccc3C2C=C1c1cc(-n2c3ccccc3c3ccc(-c4ccc5c(c4)c4ccccc4n5-c4ccccc4)cc32)cc2c1sc1ccccc12. The van der Waals surface area contributed by atoms with Gasteiger partial charge in [-0.3, -0.25) is 0 Å². The molecule has 4 heteroatoms. The molecular weight excluding hydrogens is 741 g/mol. The van der Waals surface area contributed by atoms with E-state index in [1.165, 1.54) is 108 Å². The van der Waals surface area contributed by atoms with Crippen LogP contribution in [0.5, 0.6) is 0 Å². The van der Waals surface area contributed by atoms with Crippen LogP contribution in [0.15, 0.2) is 199 Å². The molecule has 3 aromatic heterocycles. The van der Waals surface area contributed by atoms with Crippen molar-refractivity contribution in [3.8, 4) is 22.5 Å². The zero-order valence-electron chi connectivity index (χ0n) is 31.3. The Kier molecular flexibility index (Phi) is 6.98. The van der Waals surface area contributed by atoms with Crippen LogP contribution in [0, 0.1) is 0 Å². The first-order valence-corrected chi connectivity index (χ1v) is 21.7. The van der Waals surface area contributed by atoms with Gasteiger partial charge in [0.05, 0.1) is 22.1 Å². The molecule has 0 radical (unpaired) electrons. The standard InChI is InChI=1S/C54H34N2S2/c1-2-12-36(13-3-1)55-48-19-9-5-15-39(48)44-28-33(23-26-49(44)55)34-22-25-40-38-14-4-8-18-47(38)56(50(40)30-34)37-31-43(54-46(32-37)42-17-7-11-21-52(42)58-54)35-24-27-53-45(29-35)41-16-6-10-20-51(41)57-53/h1-32,45,53H. The van der Waals surface area contributed by atoms with Crippen LogP contribution in [0.4, 0.5) is 0 Å². The Bertz CT molecular complexity index is 3560. The van der Waals surface area contributed by atoms with Gasteiger partial charge >= 0.3 is 0 Å². The van der Waals surface area contributed by atoms with E-state index in [4.69, 9.17) is 0 Å². The molecular formula is C54H34N2S2. The number of para-hydroxylation sites is 3. The van der Waals surface area contributed by atoms with Crippen molar-refractivity contribution in [3.63, 3.8) is 0 Å². The average molecular weight is 775 g/mol. The van der Waals surface area contributed by atoms with E-state index in [-0.39, 0.29) is 0 Å². The van der Waals surface area contributed by atoms with Gasteiger partial charge in [-0.15, -0.1) is 23.1 Å². The summed E-state index contributed by atoms with van der Waals surface area (Å²) < 4.78 is 7.57. The van der Waals surface area contributed by atoms with E-state index in [1.807, 2.05) is 23.1 Å². The highest BCUT2D eigenvalue weighted by Crippen LogP contribution is 2.51. The molecule has 0 amide bonds. The Hall–Kier alpha value is -6.59. The van der Waals surface area contributed by atoms with Crippen molar-refractivity contribution in [3.05, 3.63) is 205 Å².